The van der Waals surface area contributed by atoms with Crippen molar-refractivity contribution in [2.24, 2.45) is 0 Å². The van der Waals surface area contributed by atoms with Crippen LogP contribution in [0, 0.1) is 0 Å². The van der Waals surface area contributed by atoms with E-state index < -0.39 is 0 Å². The van der Waals surface area contributed by atoms with Gasteiger partial charge in [0.1, 0.15) is 5.69 Å². The van der Waals surface area contributed by atoms with Crippen LogP contribution in [0.1, 0.15) is 43.7 Å². The first-order chi connectivity index (χ1) is 8.49. The molecule has 3 nitrogen and oxygen atoms in total. The highest BCUT2D eigenvalue weighted by molar-refractivity contribution is 9.10. The minimum absolute atomic E-state index is 0.00954. The highest BCUT2D eigenvalue weighted by atomic mass is 79.9. The van der Waals surface area contributed by atoms with Gasteiger partial charge in [0.15, 0.2) is 0 Å². The molecule has 0 aliphatic heterocycles. The van der Waals surface area contributed by atoms with Crippen LogP contribution in [0.3, 0.4) is 0 Å². The fourth-order valence-electron chi connectivity index (χ4n) is 1.78. The molecular weight excluding hydrogens is 312 g/mol. The number of halogens is 1. The monoisotopic (exact) mass is 332 g/mol. The van der Waals surface area contributed by atoms with Crippen molar-refractivity contribution in [2.45, 2.75) is 39.3 Å². The summed E-state index contributed by atoms with van der Waals surface area (Å²) in [7, 11) is 0. The Labute approximate surface area is 122 Å². The van der Waals surface area contributed by atoms with Gasteiger partial charge >= 0.3 is 0 Å². The molecule has 0 aliphatic carbocycles. The Hall–Kier alpha value is -0.420. The molecule has 0 spiro atoms. The Bertz CT molecular complexity index is 404. The number of rotatable bonds is 6. The molecule has 1 rings (SSSR count). The Kier molecular flexibility index (Phi) is 6.29. The number of aromatic nitrogens is 1. The van der Waals surface area contributed by atoms with Crippen molar-refractivity contribution in [3.8, 4) is 0 Å². The second kappa shape index (κ2) is 7.24. The zero-order valence-electron chi connectivity index (χ0n) is 11.4. The van der Waals surface area contributed by atoms with E-state index in [1.165, 1.54) is 0 Å². The molecule has 1 amide bonds. The molecule has 0 aromatic carbocycles. The lowest BCUT2D eigenvalue weighted by Gasteiger charge is -2.18. The van der Waals surface area contributed by atoms with E-state index >= 15 is 0 Å². The number of carbonyl (C=O) groups is 1. The van der Waals surface area contributed by atoms with E-state index in [1.54, 1.807) is 11.8 Å². The third kappa shape index (κ3) is 4.05. The van der Waals surface area contributed by atoms with Crippen LogP contribution < -0.4 is 5.32 Å². The molecule has 18 heavy (non-hydrogen) atoms. The Morgan fingerprint density at radius 1 is 1.56 bits per heavy atom. The van der Waals surface area contributed by atoms with Crippen LogP contribution in [0.25, 0.3) is 0 Å². The maximum absolute atomic E-state index is 12.3. The molecule has 1 atom stereocenters. The van der Waals surface area contributed by atoms with Crippen molar-refractivity contribution < 1.29 is 4.79 Å². The third-order valence-corrected chi connectivity index (χ3v) is 3.97. The number of carbonyl (C=O) groups excluding carboxylic acids is 1. The molecule has 1 aromatic heterocycles. The van der Waals surface area contributed by atoms with Gasteiger partial charge < -0.3 is 9.88 Å². The quantitative estimate of drug-likeness (QED) is 0.861. The van der Waals surface area contributed by atoms with E-state index in [2.05, 4.69) is 48.3 Å². The largest absolute Gasteiger partial charge is 0.347 e. The van der Waals surface area contributed by atoms with Crippen LogP contribution in [-0.4, -0.2) is 28.5 Å². The van der Waals surface area contributed by atoms with Gasteiger partial charge in [0.2, 0.25) is 0 Å². The molecule has 1 aromatic rings. The minimum atomic E-state index is 0.00954. The van der Waals surface area contributed by atoms with E-state index in [1.807, 2.05) is 16.8 Å². The van der Waals surface area contributed by atoms with E-state index in [-0.39, 0.29) is 18.0 Å². The lowest BCUT2D eigenvalue weighted by molar-refractivity contribution is 0.0929. The van der Waals surface area contributed by atoms with Gasteiger partial charge in [-0.3, -0.25) is 4.79 Å². The van der Waals surface area contributed by atoms with Crippen molar-refractivity contribution in [2.75, 3.05) is 12.0 Å². The zero-order chi connectivity index (χ0) is 13.7. The molecule has 0 radical (unpaired) electrons. The molecule has 1 N–H and O–H groups in total. The van der Waals surface area contributed by atoms with Crippen molar-refractivity contribution >= 4 is 33.6 Å². The van der Waals surface area contributed by atoms with Gasteiger partial charge in [0, 0.05) is 28.5 Å². The molecule has 1 heterocycles. The summed E-state index contributed by atoms with van der Waals surface area (Å²) in [5, 5.41) is 3.09. The second-order valence-corrected chi connectivity index (χ2v) is 6.40. The first kappa shape index (κ1) is 15.6. The number of amides is 1. The van der Waals surface area contributed by atoms with Crippen LogP contribution in [0.4, 0.5) is 0 Å². The topological polar surface area (TPSA) is 34.0 Å². The van der Waals surface area contributed by atoms with E-state index in [9.17, 15) is 4.79 Å². The molecule has 0 aliphatic rings. The summed E-state index contributed by atoms with van der Waals surface area (Å²) in [5.74, 6) is 0.960. The predicted octanol–water partition coefficient (Wildman–Crippen LogP) is 3.70. The van der Waals surface area contributed by atoms with Crippen LogP contribution in [-0.2, 0) is 0 Å². The fourth-order valence-corrected chi connectivity index (χ4v) is 2.94. The highest BCUT2D eigenvalue weighted by Gasteiger charge is 2.17. The minimum Gasteiger partial charge on any atom is -0.347 e. The summed E-state index contributed by atoms with van der Waals surface area (Å²) in [6.45, 7) is 6.24. The second-order valence-electron chi connectivity index (χ2n) is 4.58. The standard InChI is InChI=1S/C13H21BrN2OS/c1-5-11(8-18-4)15-13(17)12-6-10(14)7-16(12)9(2)3/h6-7,9,11H,5,8H2,1-4H3,(H,15,17). The maximum atomic E-state index is 12.3. The van der Waals surface area contributed by atoms with E-state index in [0.29, 0.717) is 0 Å². The van der Waals surface area contributed by atoms with E-state index in [0.717, 1.165) is 22.3 Å². The van der Waals surface area contributed by atoms with Gasteiger partial charge in [0.05, 0.1) is 0 Å². The summed E-state index contributed by atoms with van der Waals surface area (Å²) < 4.78 is 2.94. The van der Waals surface area contributed by atoms with Crippen molar-refractivity contribution in [1.29, 1.82) is 0 Å². The summed E-state index contributed by atoms with van der Waals surface area (Å²) >= 11 is 5.19. The summed E-state index contributed by atoms with van der Waals surface area (Å²) in [5.41, 5.74) is 0.719. The van der Waals surface area contributed by atoms with Crippen molar-refractivity contribution in [3.63, 3.8) is 0 Å². The maximum Gasteiger partial charge on any atom is 0.268 e. The summed E-state index contributed by atoms with van der Waals surface area (Å²) in [6.07, 6.45) is 4.97. The molecule has 1 unspecified atom stereocenters. The molecule has 0 fully saturated rings. The number of nitrogens with zero attached hydrogens (tertiary/aromatic N) is 1. The van der Waals surface area contributed by atoms with Crippen molar-refractivity contribution in [1.82, 2.24) is 9.88 Å². The van der Waals surface area contributed by atoms with Gasteiger partial charge in [-0.05, 0) is 48.5 Å². The van der Waals surface area contributed by atoms with Gasteiger partial charge in [-0.2, -0.15) is 11.8 Å². The van der Waals surface area contributed by atoms with Crippen LogP contribution in [0.2, 0.25) is 0 Å². The fraction of sp³-hybridized carbons (Fsp3) is 0.615. The lowest BCUT2D eigenvalue weighted by atomic mass is 10.2. The molecular formula is C13H21BrN2OS. The Morgan fingerprint density at radius 2 is 2.22 bits per heavy atom. The number of thioether (sulfide) groups is 1. The summed E-state index contributed by atoms with van der Waals surface area (Å²) in [4.78, 5) is 12.3. The molecule has 102 valence electrons. The van der Waals surface area contributed by atoms with Crippen molar-refractivity contribution in [3.05, 3.63) is 22.4 Å². The van der Waals surface area contributed by atoms with E-state index in [4.69, 9.17) is 0 Å². The first-order valence-electron chi connectivity index (χ1n) is 6.16. The molecule has 0 saturated heterocycles. The number of hydrogen-bond acceptors (Lipinski definition) is 2. The molecule has 0 bridgehead atoms. The molecule has 5 heteroatoms. The van der Waals surface area contributed by atoms with Crippen LogP contribution >= 0.6 is 27.7 Å². The van der Waals surface area contributed by atoms with Gasteiger partial charge in [-0.1, -0.05) is 6.92 Å². The average molecular weight is 333 g/mol. The first-order valence-corrected chi connectivity index (χ1v) is 8.35. The predicted molar refractivity (Wildman–Crippen MR) is 82.4 cm³/mol. The third-order valence-electron chi connectivity index (χ3n) is 2.80. The number of nitrogens with one attached hydrogen (secondary N) is 1. The smallest absolute Gasteiger partial charge is 0.268 e. The molecule has 0 saturated carbocycles. The lowest BCUT2D eigenvalue weighted by Crippen LogP contribution is -2.37. The highest BCUT2D eigenvalue weighted by Crippen LogP contribution is 2.19. The normalized spacial score (nSPS) is 12.8. The van der Waals surface area contributed by atoms with Gasteiger partial charge in [-0.25, -0.2) is 0 Å². The summed E-state index contributed by atoms with van der Waals surface area (Å²) in [6, 6.07) is 2.39. The van der Waals surface area contributed by atoms with Gasteiger partial charge in [0.25, 0.3) is 5.91 Å². The zero-order valence-corrected chi connectivity index (χ0v) is 13.8. The average Bonchev–Trinajstić information content (AvgIpc) is 2.71. The van der Waals surface area contributed by atoms with Crippen LogP contribution in [0.5, 0.6) is 0 Å². The van der Waals surface area contributed by atoms with Gasteiger partial charge in [-0.15, -0.1) is 0 Å². The Balaban J connectivity index is 2.83. The van der Waals surface area contributed by atoms with Crippen LogP contribution in [0.15, 0.2) is 16.7 Å². The Morgan fingerprint density at radius 3 is 2.72 bits per heavy atom. The number of hydrogen-bond donors (Lipinski definition) is 1. The SMILES string of the molecule is CCC(CSC)NC(=O)c1cc(Br)cn1C(C)C.